The van der Waals surface area contributed by atoms with Gasteiger partial charge in [-0.2, -0.15) is 0 Å². The van der Waals surface area contributed by atoms with Gasteiger partial charge in [-0.15, -0.1) is 0 Å². The van der Waals surface area contributed by atoms with E-state index in [0.717, 1.165) is 43.0 Å². The van der Waals surface area contributed by atoms with Crippen molar-refractivity contribution in [1.82, 2.24) is 10.2 Å². The minimum Gasteiger partial charge on any atom is -0.492 e. The number of nitrogens with one attached hydrogen (secondary N) is 1. The van der Waals surface area contributed by atoms with Gasteiger partial charge in [-0.1, -0.05) is 28.9 Å². The molecular formula is C15H23BrN2O. The van der Waals surface area contributed by atoms with Crippen molar-refractivity contribution < 1.29 is 4.74 Å². The topological polar surface area (TPSA) is 24.5 Å². The van der Waals surface area contributed by atoms with Crippen molar-refractivity contribution >= 4 is 15.9 Å². The molecule has 0 aromatic heterocycles. The summed E-state index contributed by atoms with van der Waals surface area (Å²) in [5, 5.41) is 3.44. The Morgan fingerprint density at radius 2 is 2.32 bits per heavy atom. The second-order valence-corrected chi connectivity index (χ2v) is 5.90. The molecule has 4 heteroatoms. The van der Waals surface area contributed by atoms with Crippen LogP contribution in [-0.2, 0) is 0 Å². The molecular weight excluding hydrogens is 304 g/mol. The molecule has 106 valence electrons. The van der Waals surface area contributed by atoms with Crippen LogP contribution in [-0.4, -0.2) is 43.7 Å². The van der Waals surface area contributed by atoms with E-state index in [0.29, 0.717) is 6.04 Å². The van der Waals surface area contributed by atoms with Crippen LogP contribution in [0.5, 0.6) is 5.75 Å². The van der Waals surface area contributed by atoms with E-state index in [9.17, 15) is 0 Å². The van der Waals surface area contributed by atoms with Crippen LogP contribution in [0.2, 0.25) is 0 Å². The lowest BCUT2D eigenvalue weighted by molar-refractivity contribution is 0.167. The number of nitrogens with zero attached hydrogens (tertiary/aromatic N) is 1. The number of hydrogen-bond donors (Lipinski definition) is 1. The minimum atomic E-state index is 0.686. The first-order chi connectivity index (χ1) is 9.29. The maximum Gasteiger partial charge on any atom is 0.120 e. The van der Waals surface area contributed by atoms with Crippen LogP contribution in [0.25, 0.3) is 0 Å². The fraction of sp³-hybridized carbons (Fsp3) is 0.600. The van der Waals surface area contributed by atoms with E-state index in [4.69, 9.17) is 4.74 Å². The van der Waals surface area contributed by atoms with Crippen molar-refractivity contribution in [2.24, 2.45) is 0 Å². The lowest BCUT2D eigenvalue weighted by Gasteiger charge is -2.27. The zero-order valence-corrected chi connectivity index (χ0v) is 13.2. The highest BCUT2D eigenvalue weighted by Gasteiger charge is 2.21. The average Bonchev–Trinajstić information content (AvgIpc) is 2.91. The van der Waals surface area contributed by atoms with E-state index < -0.39 is 0 Å². The van der Waals surface area contributed by atoms with E-state index in [1.807, 2.05) is 24.3 Å². The Labute approximate surface area is 124 Å². The molecule has 0 saturated carbocycles. The third-order valence-corrected chi connectivity index (χ3v) is 4.00. The summed E-state index contributed by atoms with van der Waals surface area (Å²) in [5.74, 6) is 0.940. The highest BCUT2D eigenvalue weighted by Crippen LogP contribution is 2.18. The molecule has 1 aliphatic rings. The Morgan fingerprint density at radius 3 is 3.00 bits per heavy atom. The SMILES string of the molecule is CCCN(CCOc1cccc(Br)c1)C1CCNC1. The number of rotatable bonds is 7. The Hall–Kier alpha value is -0.580. The standard InChI is InChI=1S/C15H23BrN2O/c1-2-8-18(14-6-7-17-12-14)9-10-19-15-5-3-4-13(16)11-15/h3-5,11,14,17H,2,6-10,12H2,1H3. The predicted octanol–water partition coefficient (Wildman–Crippen LogP) is 2.90. The molecule has 1 fully saturated rings. The Bertz CT molecular complexity index is 380. The van der Waals surface area contributed by atoms with Crippen LogP contribution in [0.15, 0.2) is 28.7 Å². The zero-order chi connectivity index (χ0) is 13.5. The lowest BCUT2D eigenvalue weighted by Crippen LogP contribution is -2.40. The Balaban J connectivity index is 1.78. The summed E-state index contributed by atoms with van der Waals surface area (Å²) in [6.45, 7) is 7.44. The molecule has 0 aliphatic carbocycles. The van der Waals surface area contributed by atoms with Crippen molar-refractivity contribution in [3.63, 3.8) is 0 Å². The van der Waals surface area contributed by atoms with Gasteiger partial charge in [0.1, 0.15) is 12.4 Å². The summed E-state index contributed by atoms with van der Waals surface area (Å²) < 4.78 is 6.90. The lowest BCUT2D eigenvalue weighted by atomic mass is 10.2. The average molecular weight is 327 g/mol. The maximum absolute atomic E-state index is 5.83. The minimum absolute atomic E-state index is 0.686. The van der Waals surface area contributed by atoms with Crippen LogP contribution in [0.3, 0.4) is 0 Å². The van der Waals surface area contributed by atoms with E-state index in [1.165, 1.54) is 12.8 Å². The molecule has 3 nitrogen and oxygen atoms in total. The van der Waals surface area contributed by atoms with Crippen LogP contribution in [0.4, 0.5) is 0 Å². The summed E-state index contributed by atoms with van der Waals surface area (Å²) in [7, 11) is 0. The van der Waals surface area contributed by atoms with Gasteiger partial charge in [0.2, 0.25) is 0 Å². The molecule has 0 radical (unpaired) electrons. The van der Waals surface area contributed by atoms with Crippen molar-refractivity contribution in [1.29, 1.82) is 0 Å². The molecule has 1 atom stereocenters. The molecule has 19 heavy (non-hydrogen) atoms. The largest absolute Gasteiger partial charge is 0.492 e. The van der Waals surface area contributed by atoms with Crippen molar-refractivity contribution in [2.75, 3.05) is 32.8 Å². The first-order valence-electron chi connectivity index (χ1n) is 7.12. The van der Waals surface area contributed by atoms with Gasteiger partial charge in [-0.25, -0.2) is 0 Å². The molecule has 2 rings (SSSR count). The fourth-order valence-corrected chi connectivity index (χ4v) is 2.93. The first-order valence-corrected chi connectivity index (χ1v) is 7.92. The second kappa shape index (κ2) is 7.88. The normalized spacial score (nSPS) is 19.0. The molecule has 1 heterocycles. The summed E-state index contributed by atoms with van der Waals surface area (Å²) in [4.78, 5) is 2.55. The molecule has 0 amide bonds. The summed E-state index contributed by atoms with van der Waals surface area (Å²) in [5.41, 5.74) is 0. The van der Waals surface area contributed by atoms with Crippen LogP contribution >= 0.6 is 15.9 Å². The number of halogens is 1. The van der Waals surface area contributed by atoms with E-state index in [-0.39, 0.29) is 0 Å². The molecule has 0 bridgehead atoms. The summed E-state index contributed by atoms with van der Waals surface area (Å²) in [6.07, 6.45) is 2.46. The summed E-state index contributed by atoms with van der Waals surface area (Å²) >= 11 is 3.46. The van der Waals surface area contributed by atoms with Crippen molar-refractivity contribution in [3.8, 4) is 5.75 Å². The van der Waals surface area contributed by atoms with Gasteiger partial charge in [0.15, 0.2) is 0 Å². The van der Waals surface area contributed by atoms with Gasteiger partial charge in [0.05, 0.1) is 0 Å². The van der Waals surface area contributed by atoms with Gasteiger partial charge in [-0.3, -0.25) is 4.90 Å². The van der Waals surface area contributed by atoms with Gasteiger partial charge in [0.25, 0.3) is 0 Å². The van der Waals surface area contributed by atoms with Gasteiger partial charge in [-0.05, 0) is 44.1 Å². The van der Waals surface area contributed by atoms with Gasteiger partial charge >= 0.3 is 0 Å². The van der Waals surface area contributed by atoms with E-state index >= 15 is 0 Å². The fourth-order valence-electron chi connectivity index (χ4n) is 2.55. The van der Waals surface area contributed by atoms with Gasteiger partial charge in [0, 0.05) is 23.6 Å². The number of ether oxygens (including phenoxy) is 1. The van der Waals surface area contributed by atoms with Crippen molar-refractivity contribution in [2.45, 2.75) is 25.8 Å². The Kier molecular flexibility index (Phi) is 6.14. The third-order valence-electron chi connectivity index (χ3n) is 3.50. The molecule has 1 saturated heterocycles. The molecule has 0 spiro atoms. The molecule has 1 unspecified atom stereocenters. The number of benzene rings is 1. The van der Waals surface area contributed by atoms with E-state index in [1.54, 1.807) is 0 Å². The van der Waals surface area contributed by atoms with Crippen LogP contribution in [0.1, 0.15) is 19.8 Å². The van der Waals surface area contributed by atoms with Crippen molar-refractivity contribution in [3.05, 3.63) is 28.7 Å². The number of hydrogen-bond acceptors (Lipinski definition) is 3. The smallest absolute Gasteiger partial charge is 0.120 e. The highest BCUT2D eigenvalue weighted by molar-refractivity contribution is 9.10. The zero-order valence-electron chi connectivity index (χ0n) is 11.6. The first kappa shape index (κ1) is 14.8. The molecule has 1 N–H and O–H groups in total. The Morgan fingerprint density at radius 1 is 1.42 bits per heavy atom. The highest BCUT2D eigenvalue weighted by atomic mass is 79.9. The van der Waals surface area contributed by atoms with E-state index in [2.05, 4.69) is 33.1 Å². The third kappa shape index (κ3) is 4.79. The van der Waals surface area contributed by atoms with Gasteiger partial charge < -0.3 is 10.1 Å². The van der Waals surface area contributed by atoms with Crippen LogP contribution in [0, 0.1) is 0 Å². The quantitative estimate of drug-likeness (QED) is 0.833. The second-order valence-electron chi connectivity index (χ2n) is 4.99. The maximum atomic E-state index is 5.83. The molecule has 1 aliphatic heterocycles. The summed E-state index contributed by atoms with van der Waals surface area (Å²) in [6, 6.07) is 8.73. The molecule has 1 aromatic carbocycles. The monoisotopic (exact) mass is 326 g/mol. The predicted molar refractivity (Wildman–Crippen MR) is 82.8 cm³/mol. The molecule has 1 aromatic rings. The van der Waals surface area contributed by atoms with Crippen LogP contribution < -0.4 is 10.1 Å².